The average molecular weight is 332 g/mol. The largest absolute Gasteiger partial charge is 0.380 e. The normalized spacial score (nSPS) is 11.5. The highest BCUT2D eigenvalue weighted by Crippen LogP contribution is 2.20. The Morgan fingerprint density at radius 1 is 1.37 bits per heavy atom. The van der Waals surface area contributed by atoms with Gasteiger partial charge in [-0.15, -0.1) is 0 Å². The zero-order valence-electron chi connectivity index (χ0n) is 12.5. The summed E-state index contributed by atoms with van der Waals surface area (Å²) in [5, 5.41) is 7.88. The fourth-order valence-electron chi connectivity index (χ4n) is 1.81. The molecule has 1 rings (SSSR count). The maximum atomic E-state index is 5.58. The van der Waals surface area contributed by atoms with Crippen LogP contribution in [0.15, 0.2) is 4.47 Å². The number of aromatic nitrogens is 2. The zero-order valence-corrected chi connectivity index (χ0v) is 14.1. The summed E-state index contributed by atoms with van der Waals surface area (Å²) in [7, 11) is 0. The molecule has 1 aromatic heterocycles. The van der Waals surface area contributed by atoms with Crippen LogP contribution in [0.1, 0.15) is 38.6 Å². The van der Waals surface area contributed by atoms with Gasteiger partial charge in [-0.05, 0) is 42.1 Å². The summed E-state index contributed by atoms with van der Waals surface area (Å²) in [5.74, 6) is 0.714. The summed E-state index contributed by atoms with van der Waals surface area (Å²) in [6.07, 6.45) is 1.13. The molecule has 0 aromatic carbocycles. The summed E-state index contributed by atoms with van der Waals surface area (Å²) in [6, 6.07) is 0. The SMILES string of the molecule is CCn1nc(C)c(Br)c1CNCCOCCC(C)C. The molecule has 1 heterocycles. The van der Waals surface area contributed by atoms with E-state index in [0.29, 0.717) is 5.92 Å². The molecular weight excluding hydrogens is 306 g/mol. The second kappa shape index (κ2) is 8.72. The van der Waals surface area contributed by atoms with Gasteiger partial charge in [0.2, 0.25) is 0 Å². The van der Waals surface area contributed by atoms with Crippen LogP contribution in [0, 0.1) is 12.8 Å². The van der Waals surface area contributed by atoms with Gasteiger partial charge in [0.15, 0.2) is 0 Å². The molecule has 0 aliphatic heterocycles. The predicted molar refractivity (Wildman–Crippen MR) is 82.3 cm³/mol. The van der Waals surface area contributed by atoms with E-state index in [1.807, 2.05) is 11.6 Å². The standard InChI is InChI=1S/C14H26BrN3O/c1-5-18-13(14(15)12(4)17-18)10-16-7-9-19-8-6-11(2)3/h11,16H,5-10H2,1-4H3. The highest BCUT2D eigenvalue weighted by molar-refractivity contribution is 9.10. The lowest BCUT2D eigenvalue weighted by Gasteiger charge is -2.09. The lowest BCUT2D eigenvalue weighted by atomic mass is 10.1. The number of nitrogens with one attached hydrogen (secondary N) is 1. The smallest absolute Gasteiger partial charge is 0.0739 e. The molecule has 0 saturated carbocycles. The van der Waals surface area contributed by atoms with Crippen LogP contribution in [0.4, 0.5) is 0 Å². The van der Waals surface area contributed by atoms with Crippen molar-refractivity contribution in [2.24, 2.45) is 5.92 Å². The molecule has 1 N–H and O–H groups in total. The van der Waals surface area contributed by atoms with Crippen molar-refractivity contribution in [3.8, 4) is 0 Å². The van der Waals surface area contributed by atoms with Crippen molar-refractivity contribution in [3.63, 3.8) is 0 Å². The van der Waals surface area contributed by atoms with E-state index in [2.05, 4.69) is 47.1 Å². The molecule has 0 unspecified atom stereocenters. The molecule has 1 aromatic rings. The molecule has 0 fully saturated rings. The third-order valence-electron chi connectivity index (χ3n) is 3.01. The minimum absolute atomic E-state index is 0.714. The fourth-order valence-corrected chi connectivity index (χ4v) is 2.23. The second-order valence-electron chi connectivity index (χ2n) is 5.13. The molecule has 4 nitrogen and oxygen atoms in total. The molecule has 0 bridgehead atoms. The molecule has 5 heteroatoms. The molecule has 0 amide bonds. The van der Waals surface area contributed by atoms with Crippen LogP contribution in [-0.2, 0) is 17.8 Å². The van der Waals surface area contributed by atoms with Crippen molar-refractivity contribution in [2.45, 2.75) is 47.2 Å². The number of halogens is 1. The number of ether oxygens (including phenoxy) is 1. The van der Waals surface area contributed by atoms with Gasteiger partial charge in [-0.1, -0.05) is 13.8 Å². The Morgan fingerprint density at radius 2 is 2.11 bits per heavy atom. The van der Waals surface area contributed by atoms with Crippen LogP contribution < -0.4 is 5.32 Å². The molecule has 0 atom stereocenters. The number of nitrogens with zero attached hydrogens (tertiary/aromatic N) is 2. The molecule has 0 aliphatic rings. The molecule has 0 radical (unpaired) electrons. The lowest BCUT2D eigenvalue weighted by molar-refractivity contribution is 0.125. The first-order valence-corrected chi connectivity index (χ1v) is 7.85. The van der Waals surface area contributed by atoms with Crippen LogP contribution in [0.2, 0.25) is 0 Å². The Balaban J connectivity index is 2.22. The van der Waals surface area contributed by atoms with E-state index in [-0.39, 0.29) is 0 Å². The van der Waals surface area contributed by atoms with Crippen LogP contribution in [0.5, 0.6) is 0 Å². The first-order valence-electron chi connectivity index (χ1n) is 7.06. The van der Waals surface area contributed by atoms with Gasteiger partial charge in [-0.3, -0.25) is 4.68 Å². The number of aryl methyl sites for hydroxylation is 2. The van der Waals surface area contributed by atoms with Crippen LogP contribution in [0.3, 0.4) is 0 Å². The van der Waals surface area contributed by atoms with E-state index in [0.717, 1.165) is 49.4 Å². The Kier molecular flexibility index (Phi) is 7.64. The summed E-state index contributed by atoms with van der Waals surface area (Å²) in [4.78, 5) is 0. The van der Waals surface area contributed by atoms with Crippen molar-refractivity contribution in [2.75, 3.05) is 19.8 Å². The van der Waals surface area contributed by atoms with Gasteiger partial charge in [0, 0.05) is 26.2 Å². The minimum atomic E-state index is 0.714. The number of hydrogen-bond acceptors (Lipinski definition) is 3. The van der Waals surface area contributed by atoms with Crippen molar-refractivity contribution in [1.29, 1.82) is 0 Å². The molecule has 0 spiro atoms. The lowest BCUT2D eigenvalue weighted by Crippen LogP contribution is -2.21. The first kappa shape index (κ1) is 16.7. The van der Waals surface area contributed by atoms with Gasteiger partial charge < -0.3 is 10.1 Å². The van der Waals surface area contributed by atoms with E-state index >= 15 is 0 Å². The van der Waals surface area contributed by atoms with Gasteiger partial charge in [0.05, 0.1) is 22.5 Å². The molecule has 110 valence electrons. The average Bonchev–Trinajstić information content (AvgIpc) is 2.64. The number of rotatable bonds is 9. The third-order valence-corrected chi connectivity index (χ3v) is 4.04. The highest BCUT2D eigenvalue weighted by atomic mass is 79.9. The molecular formula is C14H26BrN3O. The van der Waals surface area contributed by atoms with E-state index in [1.165, 1.54) is 5.69 Å². The van der Waals surface area contributed by atoms with Crippen molar-refractivity contribution >= 4 is 15.9 Å². The zero-order chi connectivity index (χ0) is 14.3. The van der Waals surface area contributed by atoms with Gasteiger partial charge in [-0.2, -0.15) is 5.10 Å². The minimum Gasteiger partial charge on any atom is -0.380 e. The van der Waals surface area contributed by atoms with Crippen molar-refractivity contribution in [3.05, 3.63) is 15.9 Å². The topological polar surface area (TPSA) is 39.1 Å². The van der Waals surface area contributed by atoms with Gasteiger partial charge in [0.25, 0.3) is 0 Å². The maximum absolute atomic E-state index is 5.58. The van der Waals surface area contributed by atoms with E-state index in [1.54, 1.807) is 0 Å². The summed E-state index contributed by atoms with van der Waals surface area (Å²) < 4.78 is 8.73. The summed E-state index contributed by atoms with van der Waals surface area (Å²) in [6.45, 7) is 12.8. The van der Waals surface area contributed by atoms with Crippen molar-refractivity contribution < 1.29 is 4.74 Å². The van der Waals surface area contributed by atoms with Gasteiger partial charge in [-0.25, -0.2) is 0 Å². The summed E-state index contributed by atoms with van der Waals surface area (Å²) in [5.41, 5.74) is 2.26. The predicted octanol–water partition coefficient (Wildman–Crippen LogP) is 3.13. The van der Waals surface area contributed by atoms with E-state index in [4.69, 9.17) is 4.74 Å². The molecule has 0 saturated heterocycles. The van der Waals surface area contributed by atoms with Crippen LogP contribution in [0.25, 0.3) is 0 Å². The van der Waals surface area contributed by atoms with Gasteiger partial charge in [0.1, 0.15) is 0 Å². The monoisotopic (exact) mass is 331 g/mol. The van der Waals surface area contributed by atoms with Gasteiger partial charge >= 0.3 is 0 Å². The first-order chi connectivity index (χ1) is 9.06. The fraction of sp³-hybridized carbons (Fsp3) is 0.786. The van der Waals surface area contributed by atoms with E-state index in [9.17, 15) is 0 Å². The number of hydrogen-bond donors (Lipinski definition) is 1. The molecule has 0 aliphatic carbocycles. The van der Waals surface area contributed by atoms with Crippen LogP contribution in [-0.4, -0.2) is 29.5 Å². The Hall–Kier alpha value is -0.390. The maximum Gasteiger partial charge on any atom is 0.0739 e. The Morgan fingerprint density at radius 3 is 2.74 bits per heavy atom. The Bertz CT molecular complexity index is 377. The second-order valence-corrected chi connectivity index (χ2v) is 5.93. The summed E-state index contributed by atoms with van der Waals surface area (Å²) >= 11 is 3.60. The Labute approximate surface area is 125 Å². The van der Waals surface area contributed by atoms with E-state index < -0.39 is 0 Å². The third kappa shape index (κ3) is 5.63. The highest BCUT2D eigenvalue weighted by Gasteiger charge is 2.10. The van der Waals surface area contributed by atoms with Crippen LogP contribution >= 0.6 is 15.9 Å². The van der Waals surface area contributed by atoms with Crippen molar-refractivity contribution in [1.82, 2.24) is 15.1 Å². The molecule has 19 heavy (non-hydrogen) atoms. The quantitative estimate of drug-likeness (QED) is 0.706.